The fraction of sp³-hybridized carbons (Fsp3) is 0.143. The van der Waals surface area contributed by atoms with Crippen LogP contribution in [0.5, 0.6) is 0 Å². The molecule has 2 aromatic rings. The van der Waals surface area contributed by atoms with Crippen LogP contribution in [0.25, 0.3) is 0 Å². The predicted octanol–water partition coefficient (Wildman–Crippen LogP) is 3.04. The van der Waals surface area contributed by atoms with Gasteiger partial charge in [0.15, 0.2) is 0 Å². The first kappa shape index (κ1) is 13.9. The highest BCUT2D eigenvalue weighted by atomic mass is 19.1. The van der Waals surface area contributed by atoms with Gasteiger partial charge in [-0.3, -0.25) is 9.78 Å². The van der Waals surface area contributed by atoms with Gasteiger partial charge < -0.3 is 10.6 Å². The molecule has 0 bridgehead atoms. The van der Waals surface area contributed by atoms with E-state index in [1.165, 1.54) is 12.4 Å². The fourth-order valence-electron chi connectivity index (χ4n) is 1.70. The lowest BCUT2D eigenvalue weighted by Gasteiger charge is -2.11. The lowest BCUT2D eigenvalue weighted by molar-refractivity contribution is 0.102. The molecule has 1 aromatic heterocycles. The summed E-state index contributed by atoms with van der Waals surface area (Å²) in [5.41, 5.74) is 0.635. The first-order valence-corrected chi connectivity index (χ1v) is 6.06. The van der Waals surface area contributed by atoms with Crippen molar-refractivity contribution in [2.75, 3.05) is 17.2 Å². The number of hydrogen-bond donors (Lipinski definition) is 2. The Morgan fingerprint density at radius 1 is 1.25 bits per heavy atom. The summed E-state index contributed by atoms with van der Waals surface area (Å²) in [6.07, 6.45) is 2.90. The quantitative estimate of drug-likeness (QED) is 0.903. The third kappa shape index (κ3) is 3.09. The Kier molecular flexibility index (Phi) is 4.24. The van der Waals surface area contributed by atoms with Crippen molar-refractivity contribution in [2.45, 2.75) is 6.92 Å². The monoisotopic (exact) mass is 277 g/mol. The van der Waals surface area contributed by atoms with Crippen LogP contribution in [0, 0.1) is 11.6 Å². The number of nitrogens with one attached hydrogen (secondary N) is 2. The van der Waals surface area contributed by atoms with Gasteiger partial charge in [-0.2, -0.15) is 0 Å². The van der Waals surface area contributed by atoms with Crippen molar-refractivity contribution in [3.05, 3.63) is 53.9 Å². The normalized spacial score (nSPS) is 10.2. The number of anilines is 2. The molecule has 2 N–H and O–H groups in total. The van der Waals surface area contributed by atoms with Crippen LogP contribution in [-0.4, -0.2) is 17.4 Å². The van der Waals surface area contributed by atoms with Crippen LogP contribution < -0.4 is 10.6 Å². The van der Waals surface area contributed by atoms with Gasteiger partial charge in [-0.25, -0.2) is 8.78 Å². The Morgan fingerprint density at radius 3 is 2.80 bits per heavy atom. The number of halogens is 2. The van der Waals surface area contributed by atoms with E-state index in [0.717, 1.165) is 18.2 Å². The van der Waals surface area contributed by atoms with E-state index in [1.807, 2.05) is 6.92 Å². The highest BCUT2D eigenvalue weighted by Gasteiger charge is 2.13. The van der Waals surface area contributed by atoms with E-state index in [9.17, 15) is 13.6 Å². The molecule has 0 aliphatic carbocycles. The molecule has 0 saturated heterocycles. The van der Waals surface area contributed by atoms with E-state index < -0.39 is 17.5 Å². The number of rotatable bonds is 4. The van der Waals surface area contributed by atoms with Crippen molar-refractivity contribution in [2.24, 2.45) is 0 Å². The van der Waals surface area contributed by atoms with Crippen molar-refractivity contribution in [3.63, 3.8) is 0 Å². The van der Waals surface area contributed by atoms with Gasteiger partial charge in [0.1, 0.15) is 11.6 Å². The van der Waals surface area contributed by atoms with E-state index in [1.54, 1.807) is 6.07 Å². The van der Waals surface area contributed by atoms with Crippen LogP contribution in [0.2, 0.25) is 0 Å². The lowest BCUT2D eigenvalue weighted by Crippen LogP contribution is -2.16. The van der Waals surface area contributed by atoms with Crippen LogP contribution in [0.4, 0.5) is 20.2 Å². The summed E-state index contributed by atoms with van der Waals surface area (Å²) < 4.78 is 26.5. The van der Waals surface area contributed by atoms with Gasteiger partial charge in [-0.15, -0.1) is 0 Å². The number of carbonyl (C=O) groups is 1. The molecular weight excluding hydrogens is 264 g/mol. The largest absolute Gasteiger partial charge is 0.385 e. The summed E-state index contributed by atoms with van der Waals surface area (Å²) in [5.74, 6) is -1.88. The zero-order valence-corrected chi connectivity index (χ0v) is 10.8. The molecule has 2 rings (SSSR count). The maximum atomic E-state index is 13.5. The molecule has 0 radical (unpaired) electrons. The smallest absolute Gasteiger partial charge is 0.259 e. The second-order valence-corrected chi connectivity index (χ2v) is 4.03. The SMILES string of the molecule is CCNc1ccncc1C(=O)Nc1cc(F)ccc1F. The lowest BCUT2D eigenvalue weighted by atomic mass is 10.2. The van der Waals surface area contributed by atoms with Gasteiger partial charge in [0.05, 0.1) is 16.9 Å². The van der Waals surface area contributed by atoms with Gasteiger partial charge in [0.25, 0.3) is 5.91 Å². The van der Waals surface area contributed by atoms with Crippen molar-refractivity contribution in [1.82, 2.24) is 4.98 Å². The Bertz CT molecular complexity index is 632. The van der Waals surface area contributed by atoms with Crippen LogP contribution >= 0.6 is 0 Å². The third-order valence-electron chi connectivity index (χ3n) is 2.61. The summed E-state index contributed by atoms with van der Waals surface area (Å²) in [6.45, 7) is 2.51. The minimum atomic E-state index is -0.700. The molecule has 0 fully saturated rings. The molecule has 0 aliphatic heterocycles. The molecule has 0 aliphatic rings. The van der Waals surface area contributed by atoms with Crippen LogP contribution in [0.3, 0.4) is 0 Å². The molecule has 6 heteroatoms. The van der Waals surface area contributed by atoms with Crippen molar-refractivity contribution < 1.29 is 13.6 Å². The number of benzene rings is 1. The minimum absolute atomic E-state index is 0.207. The van der Waals surface area contributed by atoms with E-state index >= 15 is 0 Å². The second-order valence-electron chi connectivity index (χ2n) is 4.03. The average Bonchev–Trinajstić information content (AvgIpc) is 2.44. The standard InChI is InChI=1S/C14H13F2N3O/c1-2-18-12-5-6-17-8-10(12)14(20)19-13-7-9(15)3-4-11(13)16/h3-8H,2H2,1H3,(H,17,18)(H,19,20). The molecular formula is C14H13F2N3O. The van der Waals surface area contributed by atoms with E-state index in [0.29, 0.717) is 12.2 Å². The molecule has 0 unspecified atom stereocenters. The van der Waals surface area contributed by atoms with E-state index in [4.69, 9.17) is 0 Å². The zero-order chi connectivity index (χ0) is 14.5. The fourth-order valence-corrected chi connectivity index (χ4v) is 1.70. The van der Waals surface area contributed by atoms with Crippen LogP contribution in [0.15, 0.2) is 36.7 Å². The first-order valence-electron chi connectivity index (χ1n) is 6.06. The Balaban J connectivity index is 2.26. The first-order chi connectivity index (χ1) is 9.61. The maximum absolute atomic E-state index is 13.5. The zero-order valence-electron chi connectivity index (χ0n) is 10.8. The van der Waals surface area contributed by atoms with Crippen molar-refractivity contribution >= 4 is 17.3 Å². The summed E-state index contributed by atoms with van der Waals surface area (Å²) in [6, 6.07) is 4.51. The number of hydrogen-bond acceptors (Lipinski definition) is 3. The molecule has 0 spiro atoms. The van der Waals surface area contributed by atoms with Gasteiger partial charge in [0.2, 0.25) is 0 Å². The van der Waals surface area contributed by atoms with Gasteiger partial charge in [-0.05, 0) is 25.1 Å². The van der Waals surface area contributed by atoms with Crippen molar-refractivity contribution in [1.29, 1.82) is 0 Å². The topological polar surface area (TPSA) is 54.0 Å². The third-order valence-corrected chi connectivity index (χ3v) is 2.61. The maximum Gasteiger partial charge on any atom is 0.259 e. The Labute approximate surface area is 114 Å². The van der Waals surface area contributed by atoms with Crippen LogP contribution in [0.1, 0.15) is 17.3 Å². The van der Waals surface area contributed by atoms with Crippen molar-refractivity contribution in [3.8, 4) is 0 Å². The number of carbonyl (C=O) groups excluding carboxylic acids is 1. The number of aromatic nitrogens is 1. The molecule has 1 aromatic carbocycles. The number of amides is 1. The highest BCUT2D eigenvalue weighted by molar-refractivity contribution is 6.07. The van der Waals surface area contributed by atoms with E-state index in [2.05, 4.69) is 15.6 Å². The molecule has 104 valence electrons. The molecule has 4 nitrogen and oxygen atoms in total. The molecule has 0 saturated carbocycles. The van der Waals surface area contributed by atoms with Gasteiger partial charge in [0, 0.05) is 25.0 Å². The average molecular weight is 277 g/mol. The number of pyridine rings is 1. The molecule has 20 heavy (non-hydrogen) atoms. The minimum Gasteiger partial charge on any atom is -0.385 e. The van der Waals surface area contributed by atoms with Crippen LogP contribution in [-0.2, 0) is 0 Å². The van der Waals surface area contributed by atoms with Gasteiger partial charge in [-0.1, -0.05) is 0 Å². The molecule has 1 amide bonds. The molecule has 1 heterocycles. The highest BCUT2D eigenvalue weighted by Crippen LogP contribution is 2.19. The Hall–Kier alpha value is -2.50. The van der Waals surface area contributed by atoms with Gasteiger partial charge >= 0.3 is 0 Å². The Morgan fingerprint density at radius 2 is 2.05 bits per heavy atom. The summed E-state index contributed by atoms with van der Waals surface area (Å²) >= 11 is 0. The second kappa shape index (κ2) is 6.10. The number of nitrogens with zero attached hydrogens (tertiary/aromatic N) is 1. The predicted molar refractivity (Wildman–Crippen MR) is 72.7 cm³/mol. The molecule has 0 atom stereocenters. The summed E-state index contributed by atoms with van der Waals surface area (Å²) in [5, 5.41) is 5.33. The summed E-state index contributed by atoms with van der Waals surface area (Å²) in [7, 11) is 0. The summed E-state index contributed by atoms with van der Waals surface area (Å²) in [4.78, 5) is 16.0. The van der Waals surface area contributed by atoms with E-state index in [-0.39, 0.29) is 11.3 Å².